The minimum absolute atomic E-state index is 0.0918. The average molecular weight is 298 g/mol. The molecule has 1 aliphatic heterocycles. The predicted molar refractivity (Wildman–Crippen MR) is 74.8 cm³/mol. The van der Waals surface area contributed by atoms with Crippen LogP contribution in [0.1, 0.15) is 13.3 Å². The molecule has 1 atom stereocenters. The summed E-state index contributed by atoms with van der Waals surface area (Å²) in [5.41, 5.74) is 0.503. The number of hydrogen-bond donors (Lipinski definition) is 0. The third kappa shape index (κ3) is 3.11. The van der Waals surface area contributed by atoms with Crippen molar-refractivity contribution in [3.63, 3.8) is 0 Å². The maximum atomic E-state index is 12.3. The van der Waals surface area contributed by atoms with Gasteiger partial charge in [-0.3, -0.25) is 9.69 Å². The van der Waals surface area contributed by atoms with Crippen molar-refractivity contribution in [1.82, 2.24) is 0 Å². The van der Waals surface area contributed by atoms with E-state index in [0.29, 0.717) is 30.3 Å². The first-order valence-corrected chi connectivity index (χ1v) is 6.84. The molecule has 108 valence electrons. The van der Waals surface area contributed by atoms with Crippen LogP contribution in [0.5, 0.6) is 0 Å². The molecule has 20 heavy (non-hydrogen) atoms. The van der Waals surface area contributed by atoms with Gasteiger partial charge in [0.15, 0.2) is 0 Å². The lowest BCUT2D eigenvalue weighted by atomic mass is 10.1. The molecule has 2 rings (SSSR count). The highest BCUT2D eigenvalue weighted by Gasteiger charge is 2.36. The second-order valence-corrected chi connectivity index (χ2v) is 4.73. The van der Waals surface area contributed by atoms with E-state index >= 15 is 0 Å². The third-order valence-electron chi connectivity index (χ3n) is 3.03. The second-order valence-electron chi connectivity index (χ2n) is 4.32. The zero-order valence-corrected chi connectivity index (χ0v) is 11.9. The maximum Gasteiger partial charge on any atom is 0.329 e. The molecule has 0 aliphatic carbocycles. The number of carbonyl (C=O) groups is 2. The SMILES string of the molecule is CCOCC(=O)N(c1ccccc1Cl)C1CCOC1=O. The van der Waals surface area contributed by atoms with Crippen LogP contribution in [0.2, 0.25) is 5.02 Å². The molecule has 0 radical (unpaired) electrons. The number of rotatable bonds is 5. The lowest BCUT2D eigenvalue weighted by Gasteiger charge is -2.27. The van der Waals surface area contributed by atoms with Gasteiger partial charge in [0.25, 0.3) is 5.91 Å². The first-order chi connectivity index (χ1) is 9.65. The van der Waals surface area contributed by atoms with E-state index in [4.69, 9.17) is 21.1 Å². The van der Waals surface area contributed by atoms with Crippen molar-refractivity contribution in [2.24, 2.45) is 0 Å². The molecular formula is C14H16ClNO4. The van der Waals surface area contributed by atoms with E-state index in [2.05, 4.69) is 0 Å². The van der Waals surface area contributed by atoms with Crippen LogP contribution in [-0.4, -0.2) is 37.7 Å². The van der Waals surface area contributed by atoms with Gasteiger partial charge in [-0.2, -0.15) is 0 Å². The largest absolute Gasteiger partial charge is 0.464 e. The summed E-state index contributed by atoms with van der Waals surface area (Å²) in [5, 5.41) is 0.414. The summed E-state index contributed by atoms with van der Waals surface area (Å²) in [6, 6.07) is 6.28. The van der Waals surface area contributed by atoms with Crippen molar-refractivity contribution in [3.8, 4) is 0 Å². The normalized spacial score (nSPS) is 17.9. The lowest BCUT2D eigenvalue weighted by Crippen LogP contribution is -2.45. The van der Waals surface area contributed by atoms with Crippen LogP contribution in [0.15, 0.2) is 24.3 Å². The van der Waals surface area contributed by atoms with E-state index in [9.17, 15) is 9.59 Å². The minimum Gasteiger partial charge on any atom is -0.464 e. The molecule has 1 unspecified atom stereocenters. The van der Waals surface area contributed by atoms with E-state index in [1.165, 1.54) is 4.90 Å². The number of nitrogens with zero attached hydrogens (tertiary/aromatic N) is 1. The number of anilines is 1. The van der Waals surface area contributed by atoms with Crippen molar-refractivity contribution in [1.29, 1.82) is 0 Å². The van der Waals surface area contributed by atoms with Crippen LogP contribution >= 0.6 is 11.6 Å². The van der Waals surface area contributed by atoms with Crippen molar-refractivity contribution in [2.45, 2.75) is 19.4 Å². The molecule has 5 nitrogen and oxygen atoms in total. The third-order valence-corrected chi connectivity index (χ3v) is 3.35. The summed E-state index contributed by atoms with van der Waals surface area (Å²) >= 11 is 6.14. The molecule has 1 amide bonds. The summed E-state index contributed by atoms with van der Waals surface area (Å²) < 4.78 is 10.1. The molecular weight excluding hydrogens is 282 g/mol. The molecule has 1 heterocycles. The van der Waals surface area contributed by atoms with Crippen LogP contribution < -0.4 is 4.90 Å². The van der Waals surface area contributed by atoms with Crippen molar-refractivity contribution in [3.05, 3.63) is 29.3 Å². The highest BCUT2D eigenvalue weighted by atomic mass is 35.5. The molecule has 1 aliphatic rings. The van der Waals surface area contributed by atoms with E-state index in [1.54, 1.807) is 31.2 Å². The van der Waals surface area contributed by atoms with Crippen LogP contribution in [0.25, 0.3) is 0 Å². The molecule has 0 N–H and O–H groups in total. The molecule has 0 aromatic heterocycles. The van der Waals surface area contributed by atoms with Gasteiger partial charge in [0.2, 0.25) is 0 Å². The summed E-state index contributed by atoms with van der Waals surface area (Å²) in [4.78, 5) is 25.5. The van der Waals surface area contributed by atoms with Crippen molar-refractivity contribution in [2.75, 3.05) is 24.7 Å². The number of ether oxygens (including phenoxy) is 2. The van der Waals surface area contributed by atoms with Gasteiger partial charge in [-0.25, -0.2) is 4.79 Å². The van der Waals surface area contributed by atoms with E-state index in [1.807, 2.05) is 0 Å². The highest BCUT2D eigenvalue weighted by Crippen LogP contribution is 2.29. The topological polar surface area (TPSA) is 55.8 Å². The summed E-state index contributed by atoms with van der Waals surface area (Å²) in [7, 11) is 0. The fourth-order valence-corrected chi connectivity index (χ4v) is 2.33. The van der Waals surface area contributed by atoms with E-state index < -0.39 is 12.0 Å². The molecule has 0 spiro atoms. The van der Waals surface area contributed by atoms with Gasteiger partial charge in [-0.1, -0.05) is 23.7 Å². The standard InChI is InChI=1S/C14H16ClNO4/c1-2-19-9-13(17)16(12-7-8-20-14(12)18)11-6-4-3-5-10(11)15/h3-6,12H,2,7-9H2,1H3. The number of halogens is 1. The van der Waals surface area contributed by atoms with E-state index in [0.717, 1.165) is 0 Å². The molecule has 0 saturated carbocycles. The predicted octanol–water partition coefficient (Wildman–Crippen LogP) is 2.03. The van der Waals surface area contributed by atoms with Gasteiger partial charge in [0, 0.05) is 13.0 Å². The molecule has 0 bridgehead atoms. The minimum atomic E-state index is -0.636. The van der Waals surface area contributed by atoms with Gasteiger partial charge in [0.1, 0.15) is 12.6 Å². The highest BCUT2D eigenvalue weighted by molar-refractivity contribution is 6.34. The van der Waals surface area contributed by atoms with Gasteiger partial charge >= 0.3 is 5.97 Å². The van der Waals surface area contributed by atoms with Gasteiger partial charge in [-0.05, 0) is 19.1 Å². The van der Waals surface area contributed by atoms with Crippen LogP contribution in [0.4, 0.5) is 5.69 Å². The van der Waals surface area contributed by atoms with Crippen molar-refractivity contribution >= 4 is 29.2 Å². The second kappa shape index (κ2) is 6.72. The molecule has 6 heteroatoms. The average Bonchev–Trinajstić information content (AvgIpc) is 2.85. The maximum absolute atomic E-state index is 12.3. The summed E-state index contributed by atoms with van der Waals surface area (Å²) in [5.74, 6) is -0.710. The Morgan fingerprint density at radius 3 is 2.85 bits per heavy atom. The molecule has 1 saturated heterocycles. The molecule has 1 fully saturated rings. The van der Waals surface area contributed by atoms with E-state index in [-0.39, 0.29) is 12.5 Å². The Kier molecular flexibility index (Phi) is 4.98. The number of hydrogen-bond acceptors (Lipinski definition) is 4. The molecule has 1 aromatic carbocycles. The Balaban J connectivity index is 2.31. The number of carbonyl (C=O) groups excluding carboxylic acids is 2. The van der Waals surface area contributed by atoms with Gasteiger partial charge < -0.3 is 9.47 Å². The zero-order chi connectivity index (χ0) is 14.5. The summed E-state index contributed by atoms with van der Waals surface area (Å²) in [6.45, 7) is 2.45. The monoisotopic (exact) mass is 297 g/mol. The number of amides is 1. The van der Waals surface area contributed by atoms with Crippen LogP contribution in [0.3, 0.4) is 0 Å². The fourth-order valence-electron chi connectivity index (χ4n) is 2.10. The van der Waals surface area contributed by atoms with Gasteiger partial charge in [0.05, 0.1) is 17.3 Å². The number of esters is 1. The zero-order valence-electron chi connectivity index (χ0n) is 11.2. The summed E-state index contributed by atoms with van der Waals surface area (Å²) in [6.07, 6.45) is 0.460. The Morgan fingerprint density at radius 2 is 2.25 bits per heavy atom. The first kappa shape index (κ1) is 14.8. The first-order valence-electron chi connectivity index (χ1n) is 6.46. The Bertz CT molecular complexity index is 506. The fraction of sp³-hybridized carbons (Fsp3) is 0.429. The smallest absolute Gasteiger partial charge is 0.329 e. The van der Waals surface area contributed by atoms with Gasteiger partial charge in [-0.15, -0.1) is 0 Å². The molecule has 1 aromatic rings. The van der Waals surface area contributed by atoms with Crippen molar-refractivity contribution < 1.29 is 19.1 Å². The van der Waals surface area contributed by atoms with Crippen LogP contribution in [0, 0.1) is 0 Å². The number of cyclic esters (lactones) is 1. The quantitative estimate of drug-likeness (QED) is 0.780. The van der Waals surface area contributed by atoms with Crippen LogP contribution in [-0.2, 0) is 19.1 Å². The number of para-hydroxylation sites is 1. The Labute approximate surface area is 122 Å². The Hall–Kier alpha value is -1.59. The number of benzene rings is 1. The Morgan fingerprint density at radius 1 is 1.50 bits per heavy atom. The lowest BCUT2D eigenvalue weighted by molar-refractivity contribution is -0.140.